The zero-order valence-electron chi connectivity index (χ0n) is 18.0. The number of ether oxygens (including phenoxy) is 2. The first kappa shape index (κ1) is 23.5. The molecular formula is C23H30O6Si. The molecule has 0 aliphatic carbocycles. The Hall–Kier alpha value is -2.80. The van der Waals surface area contributed by atoms with Crippen LogP contribution in [0.3, 0.4) is 0 Å². The summed E-state index contributed by atoms with van der Waals surface area (Å²) < 4.78 is 11.1. The summed E-state index contributed by atoms with van der Waals surface area (Å²) in [6, 6.07) is 10.7. The molecule has 2 rings (SSSR count). The Morgan fingerprint density at radius 2 is 1.77 bits per heavy atom. The van der Waals surface area contributed by atoms with E-state index < -0.39 is 20.0 Å². The van der Waals surface area contributed by atoms with Crippen molar-refractivity contribution in [2.45, 2.75) is 45.5 Å². The van der Waals surface area contributed by atoms with Crippen LogP contribution in [-0.4, -0.2) is 43.4 Å². The van der Waals surface area contributed by atoms with Gasteiger partial charge in [-0.05, 0) is 49.6 Å². The topological polar surface area (TPSA) is 93.1 Å². The molecule has 2 N–H and O–H groups in total. The minimum atomic E-state index is -1.32. The number of esters is 1. The van der Waals surface area contributed by atoms with Crippen LogP contribution in [0.15, 0.2) is 36.4 Å². The van der Waals surface area contributed by atoms with Gasteiger partial charge in [-0.15, -0.1) is 0 Å². The monoisotopic (exact) mass is 430 g/mol. The van der Waals surface area contributed by atoms with Crippen LogP contribution in [-0.2, 0) is 11.2 Å². The van der Waals surface area contributed by atoms with Gasteiger partial charge in [0, 0.05) is 8.07 Å². The third kappa shape index (κ3) is 6.91. The number of phenols is 1. The second-order valence-electron chi connectivity index (χ2n) is 8.52. The molecule has 6 nitrogen and oxygen atoms in total. The lowest BCUT2D eigenvalue weighted by molar-refractivity contribution is 0.0519. The van der Waals surface area contributed by atoms with Crippen LogP contribution in [0.1, 0.15) is 38.3 Å². The number of rotatable bonds is 10. The zero-order chi connectivity index (χ0) is 22.3. The average Bonchev–Trinajstić information content (AvgIpc) is 2.64. The van der Waals surface area contributed by atoms with E-state index in [0.717, 1.165) is 17.2 Å². The number of hydrogen-bond acceptors (Lipinski definition) is 5. The molecule has 0 fully saturated rings. The molecule has 0 bridgehead atoms. The quantitative estimate of drug-likeness (QED) is 0.316. The smallest absolute Gasteiger partial charge is 0.342 e. The van der Waals surface area contributed by atoms with Crippen LogP contribution in [0.2, 0.25) is 25.7 Å². The summed E-state index contributed by atoms with van der Waals surface area (Å²) in [4.78, 5) is 23.8. The highest BCUT2D eigenvalue weighted by Crippen LogP contribution is 2.31. The first-order valence-corrected chi connectivity index (χ1v) is 13.7. The molecule has 0 aromatic heterocycles. The molecular weight excluding hydrogens is 400 g/mol. The van der Waals surface area contributed by atoms with Gasteiger partial charge in [0.25, 0.3) is 0 Å². The number of phenolic OH excluding ortho intramolecular Hbond substituents is 1. The lowest BCUT2D eigenvalue weighted by atomic mass is 10.0. The molecule has 7 heteroatoms. The highest BCUT2D eigenvalue weighted by molar-refractivity contribution is 6.76. The second-order valence-corrected chi connectivity index (χ2v) is 14.1. The van der Waals surface area contributed by atoms with E-state index in [4.69, 9.17) is 9.47 Å². The van der Waals surface area contributed by atoms with Crippen LogP contribution >= 0.6 is 0 Å². The van der Waals surface area contributed by atoms with E-state index in [1.165, 1.54) is 6.07 Å². The number of aromatic hydroxyl groups is 1. The van der Waals surface area contributed by atoms with Crippen molar-refractivity contribution >= 4 is 20.0 Å². The third-order valence-corrected chi connectivity index (χ3v) is 6.33. The van der Waals surface area contributed by atoms with E-state index >= 15 is 0 Å². The van der Waals surface area contributed by atoms with Crippen LogP contribution in [0.4, 0.5) is 0 Å². The third-order valence-electron chi connectivity index (χ3n) is 4.63. The lowest BCUT2D eigenvalue weighted by Gasteiger charge is -2.16. The molecule has 0 atom stereocenters. The highest BCUT2D eigenvalue weighted by atomic mass is 28.3. The summed E-state index contributed by atoms with van der Waals surface area (Å²) in [6.45, 7) is 9.08. The highest BCUT2D eigenvalue weighted by Gasteiger charge is 2.19. The molecule has 0 aliphatic rings. The SMILES string of the molecule is Cc1ccc(C(=O)O)c(CCCOc2c(O)cccc2C(=O)OCC[Si](C)(C)C)c1. The van der Waals surface area contributed by atoms with Gasteiger partial charge in [-0.2, -0.15) is 0 Å². The van der Waals surface area contributed by atoms with Crippen LogP contribution in [0, 0.1) is 6.92 Å². The summed E-state index contributed by atoms with van der Waals surface area (Å²) in [5, 5.41) is 19.5. The molecule has 0 aliphatic heterocycles. The predicted molar refractivity (Wildman–Crippen MR) is 118 cm³/mol. The number of carbonyl (C=O) groups is 2. The summed E-state index contributed by atoms with van der Waals surface area (Å²) in [7, 11) is -1.32. The molecule has 0 saturated carbocycles. The number of carboxylic acid groups (broad SMARTS) is 1. The Morgan fingerprint density at radius 1 is 1.03 bits per heavy atom. The van der Waals surface area contributed by atoms with Crippen molar-refractivity contribution in [3.05, 3.63) is 58.7 Å². The van der Waals surface area contributed by atoms with Crippen LogP contribution in [0.5, 0.6) is 11.5 Å². The normalized spacial score (nSPS) is 11.2. The molecule has 0 amide bonds. The second kappa shape index (κ2) is 10.3. The summed E-state index contributed by atoms with van der Waals surface area (Å²) in [6.07, 6.45) is 1.04. The number of para-hydroxylation sites is 1. The number of carbonyl (C=O) groups excluding carboxylic acids is 1. The van der Waals surface area contributed by atoms with Gasteiger partial charge in [-0.25, -0.2) is 9.59 Å². The Labute approximate surface area is 178 Å². The molecule has 0 saturated heterocycles. The van der Waals surface area contributed by atoms with Gasteiger partial charge in [0.05, 0.1) is 18.8 Å². The van der Waals surface area contributed by atoms with Crippen molar-refractivity contribution in [1.82, 2.24) is 0 Å². The van der Waals surface area contributed by atoms with Crippen molar-refractivity contribution in [3.8, 4) is 11.5 Å². The van der Waals surface area contributed by atoms with E-state index in [2.05, 4.69) is 19.6 Å². The van der Waals surface area contributed by atoms with E-state index in [1.54, 1.807) is 24.3 Å². The molecule has 0 heterocycles. The Kier molecular flexibility index (Phi) is 8.05. The minimum Gasteiger partial charge on any atom is -0.504 e. The van der Waals surface area contributed by atoms with E-state index in [1.807, 2.05) is 13.0 Å². The molecule has 0 spiro atoms. The largest absolute Gasteiger partial charge is 0.504 e. The number of aryl methyl sites for hydroxylation is 2. The predicted octanol–water partition coefficient (Wildman–Crippen LogP) is 4.91. The first-order chi connectivity index (χ1) is 14.1. The van der Waals surface area contributed by atoms with Crippen molar-refractivity contribution in [3.63, 3.8) is 0 Å². The maximum absolute atomic E-state index is 12.5. The summed E-state index contributed by atoms with van der Waals surface area (Å²) in [5.41, 5.74) is 2.18. The zero-order valence-corrected chi connectivity index (χ0v) is 19.0. The van der Waals surface area contributed by atoms with Crippen molar-refractivity contribution in [2.75, 3.05) is 13.2 Å². The lowest BCUT2D eigenvalue weighted by Crippen LogP contribution is -2.22. The van der Waals surface area contributed by atoms with Crippen LogP contribution < -0.4 is 4.74 Å². The van der Waals surface area contributed by atoms with E-state index in [9.17, 15) is 19.8 Å². The minimum absolute atomic E-state index is 0.0956. The van der Waals surface area contributed by atoms with Crippen LogP contribution in [0.25, 0.3) is 0 Å². The van der Waals surface area contributed by atoms with Gasteiger partial charge < -0.3 is 19.7 Å². The molecule has 2 aromatic rings. The Bertz CT molecular complexity index is 901. The van der Waals surface area contributed by atoms with Crippen molar-refractivity contribution in [2.24, 2.45) is 0 Å². The Balaban J connectivity index is 2.00. The van der Waals surface area contributed by atoms with Gasteiger partial charge in [-0.1, -0.05) is 43.4 Å². The molecule has 0 unspecified atom stereocenters. The van der Waals surface area contributed by atoms with Gasteiger partial charge in [0.2, 0.25) is 0 Å². The summed E-state index contributed by atoms with van der Waals surface area (Å²) >= 11 is 0. The van der Waals surface area contributed by atoms with Gasteiger partial charge >= 0.3 is 11.9 Å². The average molecular weight is 431 g/mol. The molecule has 2 aromatic carbocycles. The fourth-order valence-electron chi connectivity index (χ4n) is 2.94. The molecule has 162 valence electrons. The maximum atomic E-state index is 12.5. The standard InChI is InChI=1S/C23H30O6Si/c1-16-10-11-18(22(25)26)17(15-16)7-6-12-28-21-19(8-5-9-20(21)24)23(27)29-13-14-30(2,3)4/h5,8-11,15,24H,6-7,12-14H2,1-4H3,(H,25,26). The Morgan fingerprint density at radius 3 is 2.43 bits per heavy atom. The van der Waals surface area contributed by atoms with Crippen molar-refractivity contribution < 1.29 is 29.3 Å². The number of carboxylic acids is 1. The van der Waals surface area contributed by atoms with Gasteiger partial charge in [0.1, 0.15) is 5.56 Å². The number of hydrogen-bond donors (Lipinski definition) is 2. The van der Waals surface area contributed by atoms with E-state index in [-0.39, 0.29) is 29.2 Å². The van der Waals surface area contributed by atoms with Crippen molar-refractivity contribution in [1.29, 1.82) is 0 Å². The summed E-state index contributed by atoms with van der Waals surface area (Å²) in [5.74, 6) is -1.52. The molecule has 30 heavy (non-hydrogen) atoms. The maximum Gasteiger partial charge on any atom is 0.342 e. The van der Waals surface area contributed by atoms with E-state index in [0.29, 0.717) is 19.4 Å². The number of aromatic carboxylic acids is 1. The first-order valence-electron chi connectivity index (χ1n) is 10.0. The van der Waals surface area contributed by atoms with Gasteiger partial charge in [-0.3, -0.25) is 0 Å². The molecule has 0 radical (unpaired) electrons. The number of benzene rings is 2. The fourth-order valence-corrected chi connectivity index (χ4v) is 3.65. The fraction of sp³-hybridized carbons (Fsp3) is 0.391. The van der Waals surface area contributed by atoms with Gasteiger partial charge in [0.15, 0.2) is 11.5 Å².